The number of methoxy groups -OCH3 is 1. The Balaban J connectivity index is 1.90. The molecule has 0 spiro atoms. The zero-order valence-electron chi connectivity index (χ0n) is 16.4. The van der Waals surface area contributed by atoms with E-state index in [2.05, 4.69) is 16.3 Å². The molecule has 0 amide bonds. The van der Waals surface area contributed by atoms with Gasteiger partial charge in [0.15, 0.2) is 11.5 Å². The average molecular weight is 406 g/mol. The first-order valence-electron chi connectivity index (χ1n) is 9.29. The van der Waals surface area contributed by atoms with Crippen LogP contribution in [0.5, 0.6) is 17.4 Å². The fraction of sp³-hybridized carbons (Fsp3) is 0.182. The van der Waals surface area contributed by atoms with Crippen LogP contribution in [0.1, 0.15) is 24.0 Å². The Morgan fingerprint density at radius 1 is 1.27 bits per heavy atom. The first kappa shape index (κ1) is 19.3. The number of aromatic amines is 1. The molecule has 2 aromatic carbocycles. The van der Waals surface area contributed by atoms with Gasteiger partial charge in [-0.2, -0.15) is 5.26 Å². The molecule has 4 rings (SSSR count). The number of hydrogen-bond donors (Lipinski definition) is 2. The number of rotatable bonds is 5. The third-order valence-corrected chi connectivity index (χ3v) is 4.87. The van der Waals surface area contributed by atoms with Crippen molar-refractivity contribution in [3.05, 3.63) is 70.9 Å². The third kappa shape index (κ3) is 3.20. The Hall–Kier alpha value is -3.99. The Morgan fingerprint density at radius 3 is 2.80 bits per heavy atom. The number of hydrogen-bond acceptors (Lipinski definition) is 6. The molecule has 1 aliphatic heterocycles. The van der Waals surface area contributed by atoms with Crippen LogP contribution < -0.4 is 19.9 Å². The minimum atomic E-state index is -0.638. The Bertz CT molecular complexity index is 1180. The molecule has 2 heterocycles. The molecule has 1 aromatic heterocycles. The van der Waals surface area contributed by atoms with Gasteiger partial charge >= 0.3 is 0 Å². The summed E-state index contributed by atoms with van der Waals surface area (Å²) in [5.74, 6) is 0.291. The molecular weight excluding hydrogens is 387 g/mol. The predicted octanol–water partition coefficient (Wildman–Crippen LogP) is 3.84. The van der Waals surface area contributed by atoms with E-state index in [0.29, 0.717) is 34.9 Å². The number of nitriles is 1. The van der Waals surface area contributed by atoms with E-state index in [1.807, 2.05) is 13.0 Å². The number of H-pyrrole nitrogens is 1. The van der Waals surface area contributed by atoms with Crippen LogP contribution in [0.15, 0.2) is 53.9 Å². The van der Waals surface area contributed by atoms with Gasteiger partial charge in [-0.25, -0.2) is 4.39 Å². The first-order valence-corrected chi connectivity index (χ1v) is 9.29. The lowest BCUT2D eigenvalue weighted by molar-refractivity contribution is 0.311. The minimum Gasteiger partial charge on any atom is -0.493 e. The highest BCUT2D eigenvalue weighted by atomic mass is 19.1. The van der Waals surface area contributed by atoms with E-state index in [0.717, 1.165) is 5.56 Å². The highest BCUT2D eigenvalue weighted by Crippen LogP contribution is 2.46. The van der Waals surface area contributed by atoms with Gasteiger partial charge < -0.3 is 19.9 Å². The van der Waals surface area contributed by atoms with Crippen LogP contribution in [0.4, 0.5) is 4.39 Å². The largest absolute Gasteiger partial charge is 0.493 e. The van der Waals surface area contributed by atoms with E-state index in [9.17, 15) is 9.65 Å². The summed E-state index contributed by atoms with van der Waals surface area (Å²) in [4.78, 5) is 0. The lowest BCUT2D eigenvalue weighted by atomic mass is 9.83. The second-order valence-corrected chi connectivity index (χ2v) is 6.60. The van der Waals surface area contributed by atoms with Gasteiger partial charge in [-0.05, 0) is 42.8 Å². The molecule has 0 saturated heterocycles. The molecule has 152 valence electrons. The molecule has 3 aromatic rings. The summed E-state index contributed by atoms with van der Waals surface area (Å²) in [7, 11) is 1.56. The standard InChI is InChI=1S/C22H19FN4O3/c1-3-29-16-8-7-13(10-17(16)28-2)20-19-18(12-5-4-6-14(23)9-12)15(11-24)21(25)30-22(19)27-26-20/h4-10,18H,3,25H2,1-2H3,(H,26,27). The number of aromatic nitrogens is 2. The van der Waals surface area contributed by atoms with E-state index in [1.54, 1.807) is 31.4 Å². The Labute approximate surface area is 172 Å². The van der Waals surface area contributed by atoms with Crippen LogP contribution in [0.3, 0.4) is 0 Å². The van der Waals surface area contributed by atoms with Crippen molar-refractivity contribution in [3.63, 3.8) is 0 Å². The Kier molecular flexibility index (Phi) is 5.02. The molecule has 0 aliphatic carbocycles. The first-order chi connectivity index (χ1) is 14.6. The van der Waals surface area contributed by atoms with Gasteiger partial charge in [0.2, 0.25) is 11.8 Å². The van der Waals surface area contributed by atoms with Crippen LogP contribution in [0.2, 0.25) is 0 Å². The van der Waals surface area contributed by atoms with Gasteiger partial charge in [0.25, 0.3) is 0 Å². The van der Waals surface area contributed by atoms with Crippen molar-refractivity contribution in [2.75, 3.05) is 13.7 Å². The SMILES string of the molecule is CCOc1ccc(-c2[nH]nc3c2C(c2cccc(F)c2)C(C#N)=C(N)O3)cc1OC. The van der Waals surface area contributed by atoms with Gasteiger partial charge in [-0.3, -0.25) is 5.10 Å². The Morgan fingerprint density at radius 2 is 2.10 bits per heavy atom. The quantitative estimate of drug-likeness (QED) is 0.667. The van der Waals surface area contributed by atoms with Crippen molar-refractivity contribution in [2.24, 2.45) is 5.73 Å². The van der Waals surface area contributed by atoms with Crippen molar-refractivity contribution in [1.29, 1.82) is 5.26 Å². The van der Waals surface area contributed by atoms with Crippen molar-refractivity contribution >= 4 is 0 Å². The number of ether oxygens (including phenoxy) is 3. The minimum absolute atomic E-state index is 0.0541. The molecule has 1 unspecified atom stereocenters. The number of nitrogens with one attached hydrogen (secondary N) is 1. The number of halogens is 1. The lowest BCUT2D eigenvalue weighted by Crippen LogP contribution is -2.21. The lowest BCUT2D eigenvalue weighted by Gasteiger charge is -2.24. The second-order valence-electron chi connectivity index (χ2n) is 6.60. The number of fused-ring (bicyclic) bond motifs is 1. The number of nitrogens with zero attached hydrogens (tertiary/aromatic N) is 2. The molecule has 0 saturated carbocycles. The third-order valence-electron chi connectivity index (χ3n) is 4.87. The molecule has 3 N–H and O–H groups in total. The second kappa shape index (κ2) is 7.79. The summed E-state index contributed by atoms with van der Waals surface area (Å²) in [6.07, 6.45) is 0. The summed E-state index contributed by atoms with van der Waals surface area (Å²) >= 11 is 0. The molecule has 8 heteroatoms. The van der Waals surface area contributed by atoms with Gasteiger partial charge in [0, 0.05) is 5.56 Å². The fourth-order valence-electron chi connectivity index (χ4n) is 3.58. The van der Waals surface area contributed by atoms with Gasteiger partial charge in [-0.1, -0.05) is 12.1 Å². The van der Waals surface area contributed by atoms with Crippen LogP contribution in [-0.2, 0) is 0 Å². The molecule has 7 nitrogen and oxygen atoms in total. The topological polar surface area (TPSA) is 106 Å². The van der Waals surface area contributed by atoms with Crippen molar-refractivity contribution in [2.45, 2.75) is 12.8 Å². The maximum absolute atomic E-state index is 14.0. The van der Waals surface area contributed by atoms with Crippen LogP contribution in [-0.4, -0.2) is 23.9 Å². The van der Waals surface area contributed by atoms with Gasteiger partial charge in [0.05, 0.1) is 30.9 Å². The van der Waals surface area contributed by atoms with Gasteiger partial charge in [0.1, 0.15) is 17.5 Å². The van der Waals surface area contributed by atoms with Crippen LogP contribution in [0, 0.1) is 17.1 Å². The smallest absolute Gasteiger partial charge is 0.244 e. The monoisotopic (exact) mass is 406 g/mol. The maximum atomic E-state index is 14.0. The highest BCUT2D eigenvalue weighted by Gasteiger charge is 2.35. The van der Waals surface area contributed by atoms with E-state index >= 15 is 0 Å². The normalized spacial score (nSPS) is 15.2. The summed E-state index contributed by atoms with van der Waals surface area (Å²) < 4.78 is 30.6. The maximum Gasteiger partial charge on any atom is 0.244 e. The molecule has 0 bridgehead atoms. The van der Waals surface area contributed by atoms with Crippen molar-refractivity contribution in [3.8, 4) is 34.7 Å². The number of allylic oxidation sites excluding steroid dienone is 1. The predicted molar refractivity (Wildman–Crippen MR) is 107 cm³/mol. The summed E-state index contributed by atoms with van der Waals surface area (Å²) in [5, 5.41) is 16.9. The highest BCUT2D eigenvalue weighted by molar-refractivity contribution is 5.72. The summed E-state index contributed by atoms with van der Waals surface area (Å²) in [6.45, 7) is 2.39. The van der Waals surface area contributed by atoms with Crippen LogP contribution in [0.25, 0.3) is 11.3 Å². The molecule has 30 heavy (non-hydrogen) atoms. The zero-order chi connectivity index (χ0) is 21.3. The molecular formula is C22H19FN4O3. The molecule has 1 aliphatic rings. The molecule has 0 fully saturated rings. The van der Waals surface area contributed by atoms with E-state index in [4.69, 9.17) is 19.9 Å². The van der Waals surface area contributed by atoms with E-state index in [-0.39, 0.29) is 17.3 Å². The van der Waals surface area contributed by atoms with Crippen molar-refractivity contribution < 1.29 is 18.6 Å². The van der Waals surface area contributed by atoms with Gasteiger partial charge in [-0.15, -0.1) is 5.10 Å². The zero-order valence-corrected chi connectivity index (χ0v) is 16.4. The van der Waals surface area contributed by atoms with E-state index < -0.39 is 11.7 Å². The number of benzene rings is 2. The molecule has 0 radical (unpaired) electrons. The van der Waals surface area contributed by atoms with Crippen LogP contribution >= 0.6 is 0 Å². The average Bonchev–Trinajstić information content (AvgIpc) is 3.16. The summed E-state index contributed by atoms with van der Waals surface area (Å²) in [5.41, 5.74) is 8.67. The molecule has 1 atom stereocenters. The van der Waals surface area contributed by atoms with Crippen molar-refractivity contribution in [1.82, 2.24) is 10.2 Å². The fourth-order valence-corrected chi connectivity index (χ4v) is 3.58. The summed E-state index contributed by atoms with van der Waals surface area (Å²) in [6, 6.07) is 13.6. The number of nitrogens with two attached hydrogens (primary N) is 1. The van der Waals surface area contributed by atoms with E-state index in [1.165, 1.54) is 12.1 Å².